The smallest absolute Gasteiger partial charge is 0.176 e. The molecule has 1 aliphatic rings. The molecule has 5 nitrogen and oxygen atoms in total. The Morgan fingerprint density at radius 1 is 1.40 bits per heavy atom. The third-order valence-corrected chi connectivity index (χ3v) is 3.44. The number of benzene rings is 1. The number of nitrogens with zero attached hydrogens (tertiary/aromatic N) is 1. The normalized spacial score (nSPS) is 16.1. The van der Waals surface area contributed by atoms with E-state index in [2.05, 4.69) is 10.2 Å². The fourth-order valence-corrected chi connectivity index (χ4v) is 2.34. The Labute approximate surface area is 119 Å². The number of hydrogen-bond acceptors (Lipinski definition) is 5. The van der Waals surface area contributed by atoms with E-state index in [1.54, 1.807) is 14.2 Å². The van der Waals surface area contributed by atoms with E-state index in [-0.39, 0.29) is 5.78 Å². The summed E-state index contributed by atoms with van der Waals surface area (Å²) in [5.74, 6) is 0.927. The number of likely N-dealkylation sites (N-methyl/N-ethyl adjacent to an activating group) is 1. The van der Waals surface area contributed by atoms with Crippen LogP contribution in [0.2, 0.25) is 0 Å². The molecule has 1 fully saturated rings. The van der Waals surface area contributed by atoms with Crippen LogP contribution in [0.4, 0.5) is 0 Å². The second kappa shape index (κ2) is 7.38. The molecule has 0 amide bonds. The summed E-state index contributed by atoms with van der Waals surface area (Å²) in [6.07, 6.45) is 0. The number of nitrogens with one attached hydrogen (secondary N) is 1. The predicted octanol–water partition coefficient (Wildman–Crippen LogP) is 0.929. The summed E-state index contributed by atoms with van der Waals surface area (Å²) in [5, 5.41) is 2.89. The zero-order chi connectivity index (χ0) is 14.4. The van der Waals surface area contributed by atoms with Crippen molar-refractivity contribution in [2.24, 2.45) is 0 Å². The van der Waals surface area contributed by atoms with Crippen LogP contribution in [0.5, 0.6) is 5.75 Å². The van der Waals surface area contributed by atoms with E-state index < -0.39 is 0 Å². The summed E-state index contributed by atoms with van der Waals surface area (Å²) in [7, 11) is 3.43. The van der Waals surface area contributed by atoms with Crippen LogP contribution >= 0.6 is 0 Å². The maximum atomic E-state index is 12.0. The Hall–Kier alpha value is -1.43. The Bertz CT molecular complexity index is 456. The van der Waals surface area contributed by atoms with E-state index in [1.807, 2.05) is 18.2 Å². The lowest BCUT2D eigenvalue weighted by Crippen LogP contribution is -2.35. The van der Waals surface area contributed by atoms with E-state index in [4.69, 9.17) is 9.47 Å². The summed E-state index contributed by atoms with van der Waals surface area (Å²) >= 11 is 0. The first kappa shape index (κ1) is 15.0. The van der Waals surface area contributed by atoms with Gasteiger partial charge < -0.3 is 14.8 Å². The second-order valence-electron chi connectivity index (χ2n) is 4.87. The van der Waals surface area contributed by atoms with Crippen LogP contribution in [0.15, 0.2) is 18.2 Å². The van der Waals surface area contributed by atoms with Gasteiger partial charge in [-0.1, -0.05) is 0 Å². The van der Waals surface area contributed by atoms with Crippen LogP contribution in [-0.2, 0) is 11.3 Å². The average molecular weight is 278 g/mol. The monoisotopic (exact) mass is 278 g/mol. The van der Waals surface area contributed by atoms with E-state index >= 15 is 0 Å². The lowest BCUT2D eigenvalue weighted by Gasteiger charge is -2.27. The van der Waals surface area contributed by atoms with Crippen molar-refractivity contribution in [3.63, 3.8) is 0 Å². The Morgan fingerprint density at radius 3 is 2.80 bits per heavy atom. The molecule has 0 atom stereocenters. The van der Waals surface area contributed by atoms with Crippen molar-refractivity contribution in [3.8, 4) is 5.75 Å². The Balaban J connectivity index is 2.15. The molecule has 1 heterocycles. The first-order chi connectivity index (χ1) is 9.74. The molecule has 1 aromatic carbocycles. The van der Waals surface area contributed by atoms with Crippen LogP contribution in [0, 0.1) is 0 Å². The van der Waals surface area contributed by atoms with Crippen molar-refractivity contribution in [2.45, 2.75) is 6.54 Å². The number of carbonyl (C=O) groups excluding carboxylic acids is 1. The van der Waals surface area contributed by atoms with Gasteiger partial charge in [0.15, 0.2) is 5.78 Å². The molecule has 2 rings (SSSR count). The lowest BCUT2D eigenvalue weighted by atomic mass is 10.1. The van der Waals surface area contributed by atoms with Gasteiger partial charge in [-0.3, -0.25) is 9.69 Å². The molecule has 1 aliphatic heterocycles. The SMILES string of the molecule is CNCC(=O)c1ccc(OC)c(CN2CCOCC2)c1. The maximum Gasteiger partial charge on any atom is 0.176 e. The van der Waals surface area contributed by atoms with Gasteiger partial charge in [-0.2, -0.15) is 0 Å². The molecule has 0 saturated carbocycles. The standard InChI is InChI=1S/C15H22N2O3/c1-16-10-14(18)12-3-4-15(19-2)13(9-12)11-17-5-7-20-8-6-17/h3-4,9,16H,5-8,10-11H2,1-2H3. The molecule has 0 radical (unpaired) electrons. The van der Waals surface area contributed by atoms with Gasteiger partial charge in [-0.05, 0) is 25.2 Å². The number of methoxy groups -OCH3 is 1. The fraction of sp³-hybridized carbons (Fsp3) is 0.533. The van der Waals surface area contributed by atoms with Gasteiger partial charge in [-0.15, -0.1) is 0 Å². The van der Waals surface area contributed by atoms with Crippen molar-refractivity contribution in [1.29, 1.82) is 0 Å². The van der Waals surface area contributed by atoms with Crippen molar-refractivity contribution in [1.82, 2.24) is 10.2 Å². The third-order valence-electron chi connectivity index (χ3n) is 3.44. The van der Waals surface area contributed by atoms with Gasteiger partial charge in [0.05, 0.1) is 26.9 Å². The number of ketones is 1. The number of carbonyl (C=O) groups is 1. The molecule has 110 valence electrons. The van der Waals surface area contributed by atoms with Crippen molar-refractivity contribution in [2.75, 3.05) is 47.0 Å². The summed E-state index contributed by atoms with van der Waals surface area (Å²) in [6.45, 7) is 4.49. The molecule has 0 aromatic heterocycles. The van der Waals surface area contributed by atoms with Gasteiger partial charge in [0.1, 0.15) is 5.75 Å². The molecule has 0 unspecified atom stereocenters. The Kier molecular flexibility index (Phi) is 5.52. The minimum absolute atomic E-state index is 0.0957. The van der Waals surface area contributed by atoms with E-state index in [9.17, 15) is 4.79 Å². The zero-order valence-electron chi connectivity index (χ0n) is 12.1. The molecular formula is C15H22N2O3. The average Bonchev–Trinajstić information content (AvgIpc) is 2.48. The maximum absolute atomic E-state index is 12.0. The molecular weight excluding hydrogens is 256 g/mol. The van der Waals surface area contributed by atoms with Gasteiger partial charge in [-0.25, -0.2) is 0 Å². The van der Waals surface area contributed by atoms with Gasteiger partial charge in [0, 0.05) is 30.8 Å². The van der Waals surface area contributed by atoms with E-state index in [0.29, 0.717) is 6.54 Å². The third kappa shape index (κ3) is 3.79. The summed E-state index contributed by atoms with van der Waals surface area (Å²) in [5.41, 5.74) is 1.78. The van der Waals surface area contributed by atoms with Crippen molar-refractivity contribution in [3.05, 3.63) is 29.3 Å². The minimum Gasteiger partial charge on any atom is -0.496 e. The highest BCUT2D eigenvalue weighted by Gasteiger charge is 2.15. The van der Waals surface area contributed by atoms with Crippen molar-refractivity contribution < 1.29 is 14.3 Å². The van der Waals surface area contributed by atoms with Gasteiger partial charge in [0.2, 0.25) is 0 Å². The first-order valence-corrected chi connectivity index (χ1v) is 6.89. The minimum atomic E-state index is 0.0957. The molecule has 1 N–H and O–H groups in total. The second-order valence-corrected chi connectivity index (χ2v) is 4.87. The molecule has 1 aromatic rings. The van der Waals surface area contributed by atoms with Crippen LogP contribution in [0.25, 0.3) is 0 Å². The molecule has 20 heavy (non-hydrogen) atoms. The van der Waals surface area contributed by atoms with Gasteiger partial charge in [0.25, 0.3) is 0 Å². The van der Waals surface area contributed by atoms with E-state index in [0.717, 1.165) is 49.7 Å². The molecule has 0 aliphatic carbocycles. The quantitative estimate of drug-likeness (QED) is 0.785. The van der Waals surface area contributed by atoms with E-state index in [1.165, 1.54) is 0 Å². The number of Topliss-reactive ketones (excluding diaryl/α,β-unsaturated/α-hetero) is 1. The van der Waals surface area contributed by atoms with Crippen LogP contribution in [0.1, 0.15) is 15.9 Å². The lowest BCUT2D eigenvalue weighted by molar-refractivity contribution is 0.0338. The highest BCUT2D eigenvalue weighted by Crippen LogP contribution is 2.22. The number of morpholine rings is 1. The summed E-state index contributed by atoms with van der Waals surface area (Å²) in [4.78, 5) is 14.3. The molecule has 0 spiro atoms. The number of hydrogen-bond donors (Lipinski definition) is 1. The number of rotatable bonds is 6. The predicted molar refractivity (Wildman–Crippen MR) is 77.3 cm³/mol. The topological polar surface area (TPSA) is 50.8 Å². The van der Waals surface area contributed by atoms with Crippen molar-refractivity contribution >= 4 is 5.78 Å². The highest BCUT2D eigenvalue weighted by atomic mass is 16.5. The molecule has 5 heteroatoms. The largest absolute Gasteiger partial charge is 0.496 e. The molecule has 0 bridgehead atoms. The van der Waals surface area contributed by atoms with Crippen LogP contribution < -0.4 is 10.1 Å². The fourth-order valence-electron chi connectivity index (χ4n) is 2.34. The highest BCUT2D eigenvalue weighted by molar-refractivity contribution is 5.97. The van der Waals surface area contributed by atoms with Crippen LogP contribution in [-0.4, -0.2) is 57.7 Å². The summed E-state index contributed by atoms with van der Waals surface area (Å²) < 4.78 is 10.7. The molecule has 1 saturated heterocycles. The number of ether oxygens (including phenoxy) is 2. The summed E-state index contributed by atoms with van der Waals surface area (Å²) in [6, 6.07) is 5.63. The first-order valence-electron chi connectivity index (χ1n) is 6.89. The van der Waals surface area contributed by atoms with Gasteiger partial charge >= 0.3 is 0 Å². The van der Waals surface area contributed by atoms with Crippen LogP contribution in [0.3, 0.4) is 0 Å². The zero-order valence-corrected chi connectivity index (χ0v) is 12.1. The Morgan fingerprint density at radius 2 is 2.15 bits per heavy atom.